The predicted molar refractivity (Wildman–Crippen MR) is 114 cm³/mol. The Labute approximate surface area is 167 Å². The van der Waals surface area contributed by atoms with Gasteiger partial charge in [-0.05, 0) is 42.6 Å². The third-order valence-electron chi connectivity index (χ3n) is 4.27. The largest absolute Gasteiger partial charge is 0.366 e. The second-order valence-corrected chi connectivity index (χ2v) is 7.03. The number of benzene rings is 2. The summed E-state index contributed by atoms with van der Waals surface area (Å²) < 4.78 is 0. The number of thiophene rings is 1. The lowest BCUT2D eigenvalue weighted by Crippen LogP contribution is -2.22. The molecule has 0 aliphatic heterocycles. The van der Waals surface area contributed by atoms with Crippen molar-refractivity contribution in [2.24, 2.45) is 10.7 Å². The van der Waals surface area contributed by atoms with Crippen LogP contribution in [0.15, 0.2) is 65.0 Å². The van der Waals surface area contributed by atoms with Crippen LogP contribution in [-0.4, -0.2) is 25.6 Å². The second-order valence-electron chi connectivity index (χ2n) is 6.12. The van der Waals surface area contributed by atoms with Gasteiger partial charge in [0, 0.05) is 24.5 Å². The molecule has 6 nitrogen and oxygen atoms in total. The third kappa shape index (κ3) is 4.27. The molecule has 0 unspecified atom stereocenters. The molecule has 0 fully saturated rings. The number of para-hydroxylation sites is 2. The van der Waals surface area contributed by atoms with E-state index in [1.807, 2.05) is 53.7 Å². The maximum atomic E-state index is 12.5. The van der Waals surface area contributed by atoms with Crippen LogP contribution in [0.3, 0.4) is 0 Å². The molecule has 3 N–H and O–H groups in total. The molecule has 142 valence electrons. The lowest BCUT2D eigenvalue weighted by molar-refractivity contribution is 0.0954. The number of rotatable bonds is 7. The Balaban J connectivity index is 1.69. The van der Waals surface area contributed by atoms with Crippen LogP contribution in [0.2, 0.25) is 0 Å². The zero-order chi connectivity index (χ0) is 20.1. The summed E-state index contributed by atoms with van der Waals surface area (Å²) in [7, 11) is 1.92. The lowest BCUT2D eigenvalue weighted by atomic mass is 10.1. The molecule has 3 rings (SSSR count). The summed E-state index contributed by atoms with van der Waals surface area (Å²) in [6.07, 6.45) is 0. The van der Waals surface area contributed by atoms with Gasteiger partial charge in [-0.15, -0.1) is 11.3 Å². The first-order chi connectivity index (χ1) is 13.5. The Morgan fingerprint density at radius 3 is 2.71 bits per heavy atom. The van der Waals surface area contributed by atoms with E-state index in [4.69, 9.17) is 5.73 Å². The van der Waals surface area contributed by atoms with Gasteiger partial charge in [-0.3, -0.25) is 14.6 Å². The van der Waals surface area contributed by atoms with Gasteiger partial charge in [-0.2, -0.15) is 0 Å². The normalized spacial score (nSPS) is 10.3. The van der Waals surface area contributed by atoms with Crippen molar-refractivity contribution in [3.63, 3.8) is 0 Å². The minimum absolute atomic E-state index is 0.177. The highest BCUT2D eigenvalue weighted by atomic mass is 32.1. The molecule has 3 aromatic rings. The monoisotopic (exact) mass is 392 g/mol. The minimum Gasteiger partial charge on any atom is -0.366 e. The summed E-state index contributed by atoms with van der Waals surface area (Å²) in [6.45, 7) is 3.92. The van der Waals surface area contributed by atoms with Gasteiger partial charge in [-0.1, -0.05) is 24.3 Å². The van der Waals surface area contributed by atoms with Gasteiger partial charge in [0.15, 0.2) is 0 Å². The number of carbonyl (C=O) groups excluding carboxylic acids is 2. The number of primary amides is 1. The van der Waals surface area contributed by atoms with Gasteiger partial charge in [-0.25, -0.2) is 0 Å². The summed E-state index contributed by atoms with van der Waals surface area (Å²) in [5.41, 5.74) is 9.09. The number of carbonyl (C=O) groups is 2. The molecule has 2 aromatic carbocycles. The third-order valence-corrected chi connectivity index (χ3v) is 5.19. The number of hydrogen-bond acceptors (Lipinski definition) is 5. The van der Waals surface area contributed by atoms with Gasteiger partial charge >= 0.3 is 0 Å². The van der Waals surface area contributed by atoms with E-state index < -0.39 is 5.91 Å². The number of anilines is 2. The molecule has 1 heterocycles. The molecule has 0 aliphatic carbocycles. The van der Waals surface area contributed by atoms with Crippen LogP contribution in [-0.2, 0) is 6.54 Å². The summed E-state index contributed by atoms with van der Waals surface area (Å²) in [6, 6.07) is 16.4. The Morgan fingerprint density at radius 2 is 1.96 bits per heavy atom. The van der Waals surface area contributed by atoms with Crippen molar-refractivity contribution < 1.29 is 9.59 Å². The van der Waals surface area contributed by atoms with Crippen LogP contribution in [0.5, 0.6) is 0 Å². The van der Waals surface area contributed by atoms with Crippen molar-refractivity contribution in [3.8, 4) is 0 Å². The van der Waals surface area contributed by atoms with Crippen molar-refractivity contribution in [2.75, 3.05) is 11.9 Å². The molecule has 28 heavy (non-hydrogen) atoms. The highest BCUT2D eigenvalue weighted by molar-refractivity contribution is 7.12. The van der Waals surface area contributed by atoms with Crippen LogP contribution in [0.25, 0.3) is 0 Å². The summed E-state index contributed by atoms with van der Waals surface area (Å²) in [4.78, 5) is 30.4. The summed E-state index contributed by atoms with van der Waals surface area (Å²) >= 11 is 1.36. The second kappa shape index (κ2) is 8.49. The zero-order valence-corrected chi connectivity index (χ0v) is 16.2. The van der Waals surface area contributed by atoms with E-state index in [2.05, 4.69) is 17.0 Å². The van der Waals surface area contributed by atoms with E-state index in [1.54, 1.807) is 18.2 Å². The Morgan fingerprint density at radius 1 is 1.18 bits per heavy atom. The molecule has 7 heteroatoms. The van der Waals surface area contributed by atoms with E-state index in [0.29, 0.717) is 17.0 Å². The van der Waals surface area contributed by atoms with Crippen LogP contribution >= 0.6 is 11.3 Å². The molecular weight excluding hydrogens is 372 g/mol. The van der Waals surface area contributed by atoms with E-state index in [0.717, 1.165) is 22.6 Å². The van der Waals surface area contributed by atoms with Crippen molar-refractivity contribution in [3.05, 3.63) is 76.0 Å². The first kappa shape index (κ1) is 19.3. The van der Waals surface area contributed by atoms with Gasteiger partial charge in [0.25, 0.3) is 5.91 Å². The van der Waals surface area contributed by atoms with E-state index >= 15 is 0 Å². The van der Waals surface area contributed by atoms with Crippen molar-refractivity contribution in [1.82, 2.24) is 5.32 Å². The fraction of sp³-hybridized carbons (Fsp3) is 0.0952. The molecule has 0 saturated carbocycles. The molecule has 0 aliphatic rings. The topological polar surface area (TPSA) is 87.8 Å². The van der Waals surface area contributed by atoms with Gasteiger partial charge in [0.1, 0.15) is 0 Å². The molecule has 1 aromatic heterocycles. The highest BCUT2D eigenvalue weighted by Crippen LogP contribution is 2.34. The number of nitrogens with one attached hydrogen (secondary N) is 1. The fourth-order valence-electron chi connectivity index (χ4n) is 2.75. The number of amides is 2. The van der Waals surface area contributed by atoms with Gasteiger partial charge in [0.2, 0.25) is 5.91 Å². The molecular formula is C21H20N4O2S. The first-order valence-corrected chi connectivity index (χ1v) is 9.42. The predicted octanol–water partition coefficient (Wildman–Crippen LogP) is 3.88. The summed E-state index contributed by atoms with van der Waals surface area (Å²) in [5.74, 6) is -0.669. The maximum Gasteiger partial charge on any atom is 0.261 e. The van der Waals surface area contributed by atoms with Crippen LogP contribution in [0.1, 0.15) is 25.6 Å². The number of nitrogens with zero attached hydrogens (tertiary/aromatic N) is 2. The molecule has 0 spiro atoms. The van der Waals surface area contributed by atoms with Crippen LogP contribution in [0, 0.1) is 0 Å². The molecule has 0 radical (unpaired) electrons. The average Bonchev–Trinajstić information content (AvgIpc) is 3.22. The first-order valence-electron chi connectivity index (χ1n) is 8.54. The maximum absolute atomic E-state index is 12.5. The Kier molecular flexibility index (Phi) is 5.86. The van der Waals surface area contributed by atoms with E-state index in [9.17, 15) is 9.59 Å². The Hall–Kier alpha value is -3.45. The lowest BCUT2D eigenvalue weighted by Gasteiger charge is -2.19. The number of aliphatic imine (C=N–C) groups is 1. The minimum atomic E-state index is -0.492. The van der Waals surface area contributed by atoms with Gasteiger partial charge in [0.05, 0.1) is 21.9 Å². The van der Waals surface area contributed by atoms with Crippen molar-refractivity contribution in [1.29, 1.82) is 0 Å². The summed E-state index contributed by atoms with van der Waals surface area (Å²) in [5, 5.41) is 4.79. The molecule has 0 saturated heterocycles. The molecule has 0 atom stereocenters. The quantitative estimate of drug-likeness (QED) is 0.598. The number of hydrogen-bond donors (Lipinski definition) is 2. The van der Waals surface area contributed by atoms with Crippen LogP contribution < -0.4 is 16.0 Å². The smallest absolute Gasteiger partial charge is 0.261 e. The van der Waals surface area contributed by atoms with Crippen molar-refractivity contribution in [2.45, 2.75) is 6.54 Å². The van der Waals surface area contributed by atoms with Crippen molar-refractivity contribution >= 4 is 46.9 Å². The van der Waals surface area contributed by atoms with Gasteiger partial charge < -0.3 is 16.0 Å². The SMILES string of the molecule is C=Nc1ccccc1N(C)c1csc(C(=O)NCc2cccc(C(N)=O)c2)c1. The highest BCUT2D eigenvalue weighted by Gasteiger charge is 2.14. The average molecular weight is 392 g/mol. The Bertz CT molecular complexity index is 1030. The number of nitrogens with two attached hydrogens (primary N) is 1. The zero-order valence-electron chi connectivity index (χ0n) is 15.4. The standard InChI is InChI=1S/C21H20N4O2S/c1-23-17-8-3-4-9-18(17)25(2)16-11-19(28-13-16)21(27)24-12-14-6-5-7-15(10-14)20(22)26/h3-11,13H,1,12H2,2H3,(H2,22,26)(H,24,27). The van der Waals surface area contributed by atoms with Crippen LogP contribution in [0.4, 0.5) is 17.1 Å². The fourth-order valence-corrected chi connectivity index (χ4v) is 3.59. The van der Waals surface area contributed by atoms with E-state index in [-0.39, 0.29) is 5.91 Å². The molecule has 0 bridgehead atoms. The molecule has 2 amide bonds. The van der Waals surface area contributed by atoms with E-state index in [1.165, 1.54) is 11.3 Å².